The second-order valence-corrected chi connectivity index (χ2v) is 4.32. The summed E-state index contributed by atoms with van der Waals surface area (Å²) in [6.07, 6.45) is -2.38. The first-order chi connectivity index (χ1) is 9.45. The van der Waals surface area contributed by atoms with Crippen molar-refractivity contribution in [3.05, 3.63) is 52.9 Å². The largest absolute Gasteiger partial charge is 0.477 e. The Kier molecular flexibility index (Phi) is 4.44. The van der Waals surface area contributed by atoms with E-state index in [2.05, 4.69) is 9.97 Å². The summed E-state index contributed by atoms with van der Waals surface area (Å²) in [5.74, 6) is -0.152. The van der Waals surface area contributed by atoms with Crippen LogP contribution < -0.4 is 4.74 Å². The highest BCUT2D eigenvalue weighted by Crippen LogP contribution is 2.32. The minimum atomic E-state index is -4.48. The van der Waals surface area contributed by atoms with Crippen molar-refractivity contribution in [3.63, 3.8) is 0 Å². The van der Waals surface area contributed by atoms with E-state index in [9.17, 15) is 13.2 Å². The van der Waals surface area contributed by atoms with E-state index in [-0.39, 0.29) is 17.6 Å². The van der Waals surface area contributed by atoms with E-state index in [1.165, 1.54) is 0 Å². The standard InChI is InChI=1S/C13H10ClF3N2O/c14-11-7-9(13(15,16)17)8-12(19-11)20-6-4-10-3-1-2-5-18-10/h1-3,5,7-8H,4,6H2. The van der Waals surface area contributed by atoms with Gasteiger partial charge in [0.2, 0.25) is 5.88 Å². The first-order valence-electron chi connectivity index (χ1n) is 5.72. The van der Waals surface area contributed by atoms with Crippen LogP contribution in [-0.4, -0.2) is 16.6 Å². The molecule has 0 N–H and O–H groups in total. The molecule has 0 saturated carbocycles. The van der Waals surface area contributed by atoms with Crippen LogP contribution in [0.2, 0.25) is 5.15 Å². The number of hydrogen-bond donors (Lipinski definition) is 0. The lowest BCUT2D eigenvalue weighted by atomic mass is 10.2. The van der Waals surface area contributed by atoms with Gasteiger partial charge in [-0.3, -0.25) is 4.98 Å². The van der Waals surface area contributed by atoms with Crippen LogP contribution in [0.15, 0.2) is 36.5 Å². The first kappa shape index (κ1) is 14.6. The van der Waals surface area contributed by atoms with Crippen LogP contribution in [0.25, 0.3) is 0 Å². The van der Waals surface area contributed by atoms with Crippen LogP contribution in [0.3, 0.4) is 0 Å². The Morgan fingerprint density at radius 2 is 2.00 bits per heavy atom. The number of rotatable bonds is 4. The summed E-state index contributed by atoms with van der Waals surface area (Å²) in [5.41, 5.74) is -0.101. The number of halogens is 4. The van der Waals surface area contributed by atoms with Crippen molar-refractivity contribution >= 4 is 11.6 Å². The molecule has 2 rings (SSSR count). The highest BCUT2D eigenvalue weighted by Gasteiger charge is 2.31. The third kappa shape index (κ3) is 4.09. The molecule has 0 aliphatic heterocycles. The quantitative estimate of drug-likeness (QED) is 0.806. The maximum Gasteiger partial charge on any atom is 0.416 e. The van der Waals surface area contributed by atoms with Crippen LogP contribution in [0.4, 0.5) is 13.2 Å². The predicted molar refractivity (Wildman–Crippen MR) is 67.7 cm³/mol. The maximum absolute atomic E-state index is 12.6. The van der Waals surface area contributed by atoms with Gasteiger partial charge in [0.05, 0.1) is 12.2 Å². The zero-order valence-corrected chi connectivity index (χ0v) is 10.9. The van der Waals surface area contributed by atoms with Crippen molar-refractivity contribution in [3.8, 4) is 5.88 Å². The van der Waals surface area contributed by atoms with Crippen molar-refractivity contribution in [1.82, 2.24) is 9.97 Å². The van der Waals surface area contributed by atoms with Gasteiger partial charge in [-0.15, -0.1) is 0 Å². The minimum Gasteiger partial charge on any atom is -0.477 e. The fraction of sp³-hybridized carbons (Fsp3) is 0.231. The Bertz CT molecular complexity index is 576. The summed E-state index contributed by atoms with van der Waals surface area (Å²) >= 11 is 5.55. The Balaban J connectivity index is 2.01. The summed E-state index contributed by atoms with van der Waals surface area (Å²) in [6, 6.07) is 6.98. The molecule has 2 heterocycles. The molecular weight excluding hydrogens is 293 g/mol. The van der Waals surface area contributed by atoms with Gasteiger partial charge in [-0.2, -0.15) is 13.2 Å². The molecule has 0 aliphatic rings. The Hall–Kier alpha value is -1.82. The van der Waals surface area contributed by atoms with Crippen LogP contribution in [0.5, 0.6) is 5.88 Å². The van der Waals surface area contributed by atoms with Crippen molar-refractivity contribution in [1.29, 1.82) is 0 Å². The fourth-order valence-electron chi connectivity index (χ4n) is 1.52. The van der Waals surface area contributed by atoms with Gasteiger partial charge in [0.25, 0.3) is 0 Å². The Morgan fingerprint density at radius 1 is 1.20 bits per heavy atom. The topological polar surface area (TPSA) is 35.0 Å². The number of pyridine rings is 2. The normalized spacial score (nSPS) is 11.4. The molecule has 0 fully saturated rings. The predicted octanol–water partition coefficient (Wildman–Crippen LogP) is 3.77. The molecule has 106 valence electrons. The molecular formula is C13H10ClF3N2O. The van der Waals surface area contributed by atoms with Crippen LogP contribution in [0, 0.1) is 0 Å². The molecule has 0 bridgehead atoms. The summed E-state index contributed by atoms with van der Waals surface area (Å²) in [7, 11) is 0. The van der Waals surface area contributed by atoms with Gasteiger partial charge in [-0.1, -0.05) is 17.7 Å². The van der Waals surface area contributed by atoms with Gasteiger partial charge >= 0.3 is 6.18 Å². The molecule has 2 aromatic heterocycles. The van der Waals surface area contributed by atoms with Crippen LogP contribution in [0.1, 0.15) is 11.3 Å². The van der Waals surface area contributed by atoms with E-state index in [1.54, 1.807) is 18.3 Å². The van der Waals surface area contributed by atoms with Gasteiger partial charge in [0, 0.05) is 24.4 Å². The smallest absolute Gasteiger partial charge is 0.416 e. The van der Waals surface area contributed by atoms with E-state index >= 15 is 0 Å². The Labute approximate surface area is 118 Å². The van der Waals surface area contributed by atoms with Gasteiger partial charge in [0.15, 0.2) is 0 Å². The molecule has 0 spiro atoms. The van der Waals surface area contributed by atoms with Crippen molar-refractivity contribution in [2.24, 2.45) is 0 Å². The average molecular weight is 303 g/mol. The van der Waals surface area contributed by atoms with E-state index in [4.69, 9.17) is 16.3 Å². The van der Waals surface area contributed by atoms with E-state index in [0.29, 0.717) is 6.42 Å². The van der Waals surface area contributed by atoms with E-state index in [0.717, 1.165) is 17.8 Å². The molecule has 0 radical (unpaired) electrons. The minimum absolute atomic E-state index is 0.152. The van der Waals surface area contributed by atoms with Gasteiger partial charge in [0.1, 0.15) is 5.15 Å². The molecule has 0 saturated heterocycles. The average Bonchev–Trinajstić information content (AvgIpc) is 2.38. The maximum atomic E-state index is 12.6. The van der Waals surface area contributed by atoms with Crippen molar-refractivity contribution < 1.29 is 17.9 Å². The molecule has 0 aromatic carbocycles. The fourth-order valence-corrected chi connectivity index (χ4v) is 1.72. The molecule has 20 heavy (non-hydrogen) atoms. The van der Waals surface area contributed by atoms with Crippen LogP contribution in [-0.2, 0) is 12.6 Å². The summed E-state index contributed by atoms with van der Waals surface area (Å²) < 4.78 is 42.9. The number of ether oxygens (including phenoxy) is 1. The number of aromatic nitrogens is 2. The molecule has 7 heteroatoms. The molecule has 0 atom stereocenters. The number of hydrogen-bond acceptors (Lipinski definition) is 3. The Morgan fingerprint density at radius 3 is 2.65 bits per heavy atom. The second-order valence-electron chi connectivity index (χ2n) is 3.93. The highest BCUT2D eigenvalue weighted by molar-refractivity contribution is 6.29. The second kappa shape index (κ2) is 6.09. The van der Waals surface area contributed by atoms with Gasteiger partial charge in [-0.05, 0) is 18.2 Å². The number of alkyl halides is 3. The third-order valence-corrected chi connectivity index (χ3v) is 2.63. The van der Waals surface area contributed by atoms with Crippen molar-refractivity contribution in [2.75, 3.05) is 6.61 Å². The summed E-state index contributed by atoms with van der Waals surface area (Å²) in [4.78, 5) is 7.78. The molecule has 0 amide bonds. The summed E-state index contributed by atoms with van der Waals surface area (Å²) in [5, 5.41) is -0.257. The van der Waals surface area contributed by atoms with E-state index in [1.807, 2.05) is 6.07 Å². The lowest BCUT2D eigenvalue weighted by Gasteiger charge is -2.10. The summed E-state index contributed by atoms with van der Waals surface area (Å²) in [6.45, 7) is 0.168. The zero-order valence-electron chi connectivity index (χ0n) is 10.2. The zero-order chi connectivity index (χ0) is 14.6. The lowest BCUT2D eigenvalue weighted by Crippen LogP contribution is -2.08. The van der Waals surface area contributed by atoms with Crippen molar-refractivity contribution in [2.45, 2.75) is 12.6 Å². The molecule has 2 aromatic rings. The van der Waals surface area contributed by atoms with Gasteiger partial charge in [-0.25, -0.2) is 4.98 Å². The first-order valence-corrected chi connectivity index (χ1v) is 6.10. The van der Waals surface area contributed by atoms with E-state index < -0.39 is 11.7 Å². The SMILES string of the molecule is FC(F)(F)c1cc(Cl)nc(OCCc2ccccn2)c1. The molecule has 3 nitrogen and oxygen atoms in total. The third-order valence-electron chi connectivity index (χ3n) is 2.43. The van der Waals surface area contributed by atoms with Crippen LogP contribution >= 0.6 is 11.6 Å². The molecule has 0 unspecified atom stereocenters. The monoisotopic (exact) mass is 302 g/mol. The molecule has 0 aliphatic carbocycles. The number of nitrogens with zero attached hydrogens (tertiary/aromatic N) is 2. The highest BCUT2D eigenvalue weighted by atomic mass is 35.5. The lowest BCUT2D eigenvalue weighted by molar-refractivity contribution is -0.137. The van der Waals surface area contributed by atoms with Gasteiger partial charge < -0.3 is 4.74 Å².